The van der Waals surface area contributed by atoms with Crippen molar-refractivity contribution < 1.29 is 53.4 Å². The van der Waals surface area contributed by atoms with Gasteiger partial charge in [0.1, 0.15) is 24.2 Å². The van der Waals surface area contributed by atoms with Gasteiger partial charge in [0.15, 0.2) is 0 Å². The molecule has 0 saturated carbocycles. The number of aliphatic hydroxyl groups is 1. The summed E-state index contributed by atoms with van der Waals surface area (Å²) in [6.07, 6.45) is 0.305. The molecule has 5 unspecified atom stereocenters. The summed E-state index contributed by atoms with van der Waals surface area (Å²) in [6.45, 7) is -0.625. The number of primary amides is 2. The Labute approximate surface area is 263 Å². The third kappa shape index (κ3) is 17.4. The van der Waals surface area contributed by atoms with Crippen LogP contribution in [0.15, 0.2) is 0 Å². The first-order chi connectivity index (χ1) is 21.5. The molecule has 0 aromatic carbocycles. The number of carboxylic acids is 1. The van der Waals surface area contributed by atoms with Gasteiger partial charge in [-0.15, -0.1) is 0 Å². The van der Waals surface area contributed by atoms with E-state index in [1.165, 1.54) is 6.92 Å². The molecule has 260 valence electrons. The summed E-state index contributed by atoms with van der Waals surface area (Å²) in [5.41, 5.74) is 21.3. The minimum atomic E-state index is -1.72. The SMILES string of the molecule is CC(NC(=O)C(N)CCCCN)C(=O)NC(CCC(N)=O)C(=O)NCC(=O)NCC(=O)NC(CO)C(=O)NC(CC(N)=O)C(=O)O. The van der Waals surface area contributed by atoms with E-state index in [9.17, 15) is 48.3 Å². The molecule has 5 atom stereocenters. The van der Waals surface area contributed by atoms with E-state index in [0.29, 0.717) is 25.8 Å². The molecule has 8 amide bonds. The van der Waals surface area contributed by atoms with Crippen molar-refractivity contribution in [2.45, 2.75) is 75.7 Å². The number of carboxylic acid groups (broad SMARTS) is 1. The minimum absolute atomic E-state index is 0.247. The number of aliphatic hydroxyl groups excluding tert-OH is 1. The Morgan fingerprint density at radius 1 is 0.674 bits per heavy atom. The summed E-state index contributed by atoms with van der Waals surface area (Å²) in [6, 6.07) is -6.72. The van der Waals surface area contributed by atoms with E-state index in [2.05, 4.69) is 21.3 Å². The number of carbonyl (C=O) groups excluding carboxylic acids is 8. The summed E-state index contributed by atoms with van der Waals surface area (Å²) in [5, 5.41) is 31.6. The summed E-state index contributed by atoms with van der Waals surface area (Å²) >= 11 is 0. The predicted molar refractivity (Wildman–Crippen MR) is 157 cm³/mol. The Balaban J connectivity index is 4.99. The highest BCUT2D eigenvalue weighted by Crippen LogP contribution is 2.01. The number of nitrogens with two attached hydrogens (primary N) is 4. The zero-order valence-corrected chi connectivity index (χ0v) is 25.3. The molecular weight excluding hydrogens is 616 g/mol. The van der Waals surface area contributed by atoms with Crippen LogP contribution in [0.5, 0.6) is 0 Å². The summed E-state index contributed by atoms with van der Waals surface area (Å²) in [7, 11) is 0. The van der Waals surface area contributed by atoms with Crippen LogP contribution in [-0.2, 0) is 43.2 Å². The van der Waals surface area contributed by atoms with Gasteiger partial charge >= 0.3 is 5.97 Å². The van der Waals surface area contributed by atoms with Gasteiger partial charge in [0, 0.05) is 6.42 Å². The van der Waals surface area contributed by atoms with Crippen molar-refractivity contribution in [1.29, 1.82) is 0 Å². The van der Waals surface area contributed by atoms with E-state index in [0.717, 1.165) is 0 Å². The molecule has 0 saturated heterocycles. The molecule has 0 aliphatic carbocycles. The largest absolute Gasteiger partial charge is 0.480 e. The molecule has 0 spiro atoms. The van der Waals surface area contributed by atoms with E-state index in [4.69, 9.17) is 28.0 Å². The van der Waals surface area contributed by atoms with E-state index in [1.54, 1.807) is 0 Å². The predicted octanol–water partition coefficient (Wildman–Crippen LogP) is -7.15. The van der Waals surface area contributed by atoms with Gasteiger partial charge in [-0.25, -0.2) is 4.79 Å². The summed E-state index contributed by atoms with van der Waals surface area (Å²) in [4.78, 5) is 108. The first kappa shape index (κ1) is 41.1. The lowest BCUT2D eigenvalue weighted by atomic mass is 10.1. The van der Waals surface area contributed by atoms with Crippen LogP contribution in [0.1, 0.15) is 45.4 Å². The van der Waals surface area contributed by atoms with Crippen molar-refractivity contribution in [2.75, 3.05) is 26.2 Å². The molecule has 0 aliphatic heterocycles. The second-order valence-corrected chi connectivity index (χ2v) is 10.1. The molecule has 21 heteroatoms. The van der Waals surface area contributed by atoms with Gasteiger partial charge in [0.2, 0.25) is 47.3 Å². The maximum atomic E-state index is 12.7. The van der Waals surface area contributed by atoms with Crippen LogP contribution in [0, 0.1) is 0 Å². The smallest absolute Gasteiger partial charge is 0.326 e. The fraction of sp³-hybridized carbons (Fsp3) is 0.640. The van der Waals surface area contributed by atoms with Crippen molar-refractivity contribution in [1.82, 2.24) is 31.9 Å². The highest BCUT2D eigenvalue weighted by atomic mass is 16.4. The molecule has 0 rings (SSSR count). The third-order valence-electron chi connectivity index (χ3n) is 6.09. The van der Waals surface area contributed by atoms with Gasteiger partial charge in [0.05, 0.1) is 32.2 Å². The zero-order valence-electron chi connectivity index (χ0n) is 25.3. The first-order valence-electron chi connectivity index (χ1n) is 14.1. The minimum Gasteiger partial charge on any atom is -0.480 e. The van der Waals surface area contributed by atoms with Crippen molar-refractivity contribution in [3.8, 4) is 0 Å². The number of aliphatic carboxylic acids is 1. The highest BCUT2D eigenvalue weighted by Gasteiger charge is 2.28. The average molecular weight is 661 g/mol. The Kier molecular flexibility index (Phi) is 19.4. The molecule has 0 aliphatic rings. The lowest BCUT2D eigenvalue weighted by Crippen LogP contribution is -2.56. The monoisotopic (exact) mass is 660 g/mol. The normalized spacial score (nSPS) is 13.8. The number of rotatable bonds is 23. The summed E-state index contributed by atoms with van der Waals surface area (Å²) in [5.74, 6) is -8.71. The van der Waals surface area contributed by atoms with Crippen LogP contribution in [0.2, 0.25) is 0 Å². The van der Waals surface area contributed by atoms with Crippen molar-refractivity contribution in [3.63, 3.8) is 0 Å². The van der Waals surface area contributed by atoms with Gasteiger partial charge in [-0.2, -0.15) is 0 Å². The van der Waals surface area contributed by atoms with Gasteiger partial charge in [-0.05, 0) is 32.7 Å². The van der Waals surface area contributed by atoms with Gasteiger partial charge in [0.25, 0.3) is 0 Å². The maximum Gasteiger partial charge on any atom is 0.326 e. The fourth-order valence-corrected chi connectivity index (χ4v) is 3.52. The van der Waals surface area contributed by atoms with E-state index >= 15 is 0 Å². The number of carbonyl (C=O) groups is 9. The Morgan fingerprint density at radius 3 is 1.83 bits per heavy atom. The molecule has 21 nitrogen and oxygen atoms in total. The van der Waals surface area contributed by atoms with E-state index < -0.39 is 110 Å². The standard InChI is InChI=1S/C25H44N10O11/c1-12(32-22(42)13(27)4-2-3-7-26)21(41)34-14(5-6-17(28)37)23(43)31-9-19(39)30-10-20(40)33-16(11-36)24(44)35-15(25(45)46)8-18(29)38/h12-16,36H,2-11,26-27H2,1H3,(H2,28,37)(H2,29,38)(H,30,39)(H,31,43)(H,32,42)(H,33,40)(H,34,41)(H,35,44)(H,45,46). The maximum absolute atomic E-state index is 12.7. The molecule has 16 N–H and O–H groups in total. The number of hydrogen-bond donors (Lipinski definition) is 12. The van der Waals surface area contributed by atoms with Gasteiger partial charge in [-0.1, -0.05) is 6.42 Å². The first-order valence-corrected chi connectivity index (χ1v) is 14.1. The molecule has 0 aromatic heterocycles. The van der Waals surface area contributed by atoms with Gasteiger partial charge in [-0.3, -0.25) is 38.4 Å². The number of hydrogen-bond acceptors (Lipinski definition) is 12. The second-order valence-electron chi connectivity index (χ2n) is 10.1. The Bertz CT molecular complexity index is 1120. The number of unbranched alkanes of at least 4 members (excludes halogenated alkanes) is 1. The molecular formula is C25H44N10O11. The van der Waals surface area contributed by atoms with Crippen LogP contribution in [-0.4, -0.2) is 120 Å². The Morgan fingerprint density at radius 2 is 1.28 bits per heavy atom. The van der Waals surface area contributed by atoms with Gasteiger partial charge < -0.3 is 65.0 Å². The number of amides is 8. The fourth-order valence-electron chi connectivity index (χ4n) is 3.52. The quantitative estimate of drug-likeness (QED) is 0.0454. The highest BCUT2D eigenvalue weighted by molar-refractivity contribution is 5.95. The topological polar surface area (TPSA) is 370 Å². The van der Waals surface area contributed by atoms with Crippen molar-refractivity contribution in [2.24, 2.45) is 22.9 Å². The van der Waals surface area contributed by atoms with Crippen LogP contribution in [0.4, 0.5) is 0 Å². The van der Waals surface area contributed by atoms with Crippen LogP contribution in [0.3, 0.4) is 0 Å². The zero-order chi connectivity index (χ0) is 35.4. The molecule has 0 aromatic rings. The molecule has 0 heterocycles. The Hall–Kier alpha value is -4.89. The van der Waals surface area contributed by atoms with Crippen LogP contribution < -0.4 is 54.8 Å². The van der Waals surface area contributed by atoms with Crippen molar-refractivity contribution >= 4 is 53.2 Å². The van der Waals surface area contributed by atoms with E-state index in [-0.39, 0.29) is 12.8 Å². The third-order valence-corrected chi connectivity index (χ3v) is 6.09. The second kappa shape index (κ2) is 21.8. The van der Waals surface area contributed by atoms with E-state index in [1.807, 2.05) is 10.6 Å². The molecule has 0 fully saturated rings. The molecule has 46 heavy (non-hydrogen) atoms. The lowest BCUT2D eigenvalue weighted by Gasteiger charge is -2.22. The number of nitrogens with one attached hydrogen (secondary N) is 6. The average Bonchev–Trinajstić information content (AvgIpc) is 2.98. The summed E-state index contributed by atoms with van der Waals surface area (Å²) < 4.78 is 0. The molecule has 0 radical (unpaired) electrons. The van der Waals surface area contributed by atoms with Crippen LogP contribution >= 0.6 is 0 Å². The van der Waals surface area contributed by atoms with Crippen molar-refractivity contribution in [3.05, 3.63) is 0 Å². The molecule has 0 bridgehead atoms. The van der Waals surface area contributed by atoms with Crippen LogP contribution in [0.25, 0.3) is 0 Å². The lowest BCUT2D eigenvalue weighted by molar-refractivity contribution is -0.144.